The molecule has 2 aromatic heterocycles. The first-order valence-corrected chi connectivity index (χ1v) is 6.64. The average Bonchev–Trinajstić information content (AvgIpc) is 3.10. The molecule has 6 heteroatoms. The molecule has 1 aliphatic heterocycles. The minimum Gasteiger partial charge on any atom is -0.369 e. The lowest BCUT2D eigenvalue weighted by Crippen LogP contribution is -2.34. The molecule has 102 valence electrons. The van der Waals surface area contributed by atoms with E-state index in [1.807, 2.05) is 25.0 Å². The van der Waals surface area contributed by atoms with Crippen LogP contribution in [-0.2, 0) is 11.3 Å². The first kappa shape index (κ1) is 12.4. The van der Waals surface area contributed by atoms with E-state index in [2.05, 4.69) is 31.3 Å². The Morgan fingerprint density at radius 3 is 3.16 bits per heavy atom. The van der Waals surface area contributed by atoms with Gasteiger partial charge in [-0.15, -0.1) is 0 Å². The second-order valence-corrected chi connectivity index (χ2v) is 4.90. The Hall–Kier alpha value is -1.66. The molecular formula is C13H19N5O. The molecule has 2 atom stereocenters. The lowest BCUT2D eigenvalue weighted by atomic mass is 10.2. The van der Waals surface area contributed by atoms with E-state index in [9.17, 15) is 0 Å². The monoisotopic (exact) mass is 261 g/mol. The third kappa shape index (κ3) is 2.69. The predicted octanol–water partition coefficient (Wildman–Crippen LogP) is 1.00. The van der Waals surface area contributed by atoms with Gasteiger partial charge >= 0.3 is 0 Å². The molecule has 1 saturated heterocycles. The lowest BCUT2D eigenvalue weighted by Gasteiger charge is -2.26. The third-order valence-corrected chi connectivity index (χ3v) is 3.46. The molecular weight excluding hydrogens is 242 g/mol. The summed E-state index contributed by atoms with van der Waals surface area (Å²) in [5, 5.41) is 3.35. The fraction of sp³-hybridized carbons (Fsp3) is 0.538. The van der Waals surface area contributed by atoms with Gasteiger partial charge in [-0.3, -0.25) is 0 Å². The van der Waals surface area contributed by atoms with E-state index in [1.54, 1.807) is 6.20 Å². The maximum Gasteiger partial charge on any atom is 0.111 e. The highest BCUT2D eigenvalue weighted by atomic mass is 16.5. The van der Waals surface area contributed by atoms with Crippen LogP contribution in [0.2, 0.25) is 0 Å². The first-order chi connectivity index (χ1) is 9.34. The van der Waals surface area contributed by atoms with Crippen molar-refractivity contribution in [2.75, 3.05) is 19.7 Å². The Morgan fingerprint density at radius 1 is 1.47 bits per heavy atom. The number of aromatic nitrogens is 4. The van der Waals surface area contributed by atoms with Gasteiger partial charge < -0.3 is 19.2 Å². The van der Waals surface area contributed by atoms with Crippen molar-refractivity contribution < 1.29 is 4.74 Å². The van der Waals surface area contributed by atoms with E-state index >= 15 is 0 Å². The largest absolute Gasteiger partial charge is 0.369 e. The molecule has 0 spiro atoms. The van der Waals surface area contributed by atoms with Crippen molar-refractivity contribution in [3.8, 4) is 0 Å². The Morgan fingerprint density at radius 2 is 2.42 bits per heavy atom. The minimum absolute atomic E-state index is 0.0986. The van der Waals surface area contributed by atoms with E-state index in [0.717, 1.165) is 31.9 Å². The zero-order valence-corrected chi connectivity index (χ0v) is 11.1. The fourth-order valence-electron chi connectivity index (χ4n) is 2.48. The van der Waals surface area contributed by atoms with Gasteiger partial charge in [0.1, 0.15) is 6.10 Å². The van der Waals surface area contributed by atoms with E-state index < -0.39 is 0 Å². The molecule has 0 saturated carbocycles. The summed E-state index contributed by atoms with van der Waals surface area (Å²) >= 11 is 0. The van der Waals surface area contributed by atoms with Crippen molar-refractivity contribution in [2.45, 2.75) is 25.6 Å². The molecule has 0 bridgehead atoms. The quantitative estimate of drug-likeness (QED) is 0.892. The Kier molecular flexibility index (Phi) is 3.61. The van der Waals surface area contributed by atoms with Gasteiger partial charge in [0.05, 0.1) is 37.2 Å². The zero-order valence-electron chi connectivity index (χ0n) is 11.1. The maximum atomic E-state index is 5.81. The third-order valence-electron chi connectivity index (χ3n) is 3.46. The van der Waals surface area contributed by atoms with Crippen molar-refractivity contribution in [2.24, 2.45) is 0 Å². The van der Waals surface area contributed by atoms with Gasteiger partial charge in [0, 0.05) is 32.0 Å². The maximum absolute atomic E-state index is 5.81. The molecule has 0 aromatic carbocycles. The van der Waals surface area contributed by atoms with Gasteiger partial charge in [-0.1, -0.05) is 0 Å². The Bertz CT molecular complexity index is 501. The van der Waals surface area contributed by atoms with Gasteiger partial charge in [-0.25, -0.2) is 9.97 Å². The van der Waals surface area contributed by atoms with Crippen LogP contribution in [0.25, 0.3) is 0 Å². The summed E-state index contributed by atoms with van der Waals surface area (Å²) in [7, 11) is 0. The normalized spacial score (nSPS) is 21.4. The highest BCUT2D eigenvalue weighted by Gasteiger charge is 2.21. The van der Waals surface area contributed by atoms with Crippen LogP contribution >= 0.6 is 0 Å². The molecule has 19 heavy (non-hydrogen) atoms. The zero-order chi connectivity index (χ0) is 13.1. The number of ether oxygens (including phenoxy) is 1. The Labute approximate surface area is 112 Å². The van der Waals surface area contributed by atoms with Gasteiger partial charge in [0.25, 0.3) is 0 Å². The molecule has 1 N–H and O–H groups in total. The highest BCUT2D eigenvalue weighted by molar-refractivity contribution is 5.06. The number of rotatable bonds is 4. The number of hydrogen-bond donors (Lipinski definition) is 1. The minimum atomic E-state index is 0.0986. The summed E-state index contributed by atoms with van der Waals surface area (Å²) < 4.78 is 10.1. The van der Waals surface area contributed by atoms with Crippen molar-refractivity contribution in [3.63, 3.8) is 0 Å². The van der Waals surface area contributed by atoms with Crippen LogP contribution in [0.5, 0.6) is 0 Å². The number of hydrogen-bond acceptors (Lipinski definition) is 4. The number of nitrogens with zero attached hydrogens (tertiary/aromatic N) is 4. The number of morpholine rings is 1. The van der Waals surface area contributed by atoms with Gasteiger partial charge in [-0.2, -0.15) is 0 Å². The number of nitrogens with one attached hydrogen (secondary N) is 1. The summed E-state index contributed by atoms with van der Waals surface area (Å²) in [6, 6.07) is 0.317. The van der Waals surface area contributed by atoms with E-state index in [4.69, 9.17) is 4.74 Å². The van der Waals surface area contributed by atoms with Gasteiger partial charge in [0.15, 0.2) is 0 Å². The molecule has 2 unspecified atom stereocenters. The summed E-state index contributed by atoms with van der Waals surface area (Å²) in [5.41, 5.74) is 1.14. The second-order valence-electron chi connectivity index (χ2n) is 4.90. The summed E-state index contributed by atoms with van der Waals surface area (Å²) in [6.07, 6.45) is 9.51. The van der Waals surface area contributed by atoms with Crippen LogP contribution in [0, 0.1) is 0 Å². The van der Waals surface area contributed by atoms with Crippen molar-refractivity contribution in [1.29, 1.82) is 0 Å². The van der Waals surface area contributed by atoms with Gasteiger partial charge in [0.2, 0.25) is 0 Å². The molecule has 2 aromatic rings. The smallest absolute Gasteiger partial charge is 0.111 e. The molecule has 0 aliphatic carbocycles. The molecule has 3 rings (SSSR count). The van der Waals surface area contributed by atoms with Crippen molar-refractivity contribution >= 4 is 0 Å². The summed E-state index contributed by atoms with van der Waals surface area (Å²) in [4.78, 5) is 8.35. The van der Waals surface area contributed by atoms with Crippen molar-refractivity contribution in [3.05, 3.63) is 36.9 Å². The van der Waals surface area contributed by atoms with Gasteiger partial charge in [-0.05, 0) is 6.92 Å². The SMILES string of the molecule is CC(Cn1ccnc1)n1cncc1C1CNCCO1. The number of imidazole rings is 2. The van der Waals surface area contributed by atoms with Crippen LogP contribution in [0.1, 0.15) is 24.8 Å². The second kappa shape index (κ2) is 5.54. The van der Waals surface area contributed by atoms with Crippen LogP contribution in [0.4, 0.5) is 0 Å². The molecule has 1 fully saturated rings. The highest BCUT2D eigenvalue weighted by Crippen LogP contribution is 2.22. The predicted molar refractivity (Wildman–Crippen MR) is 70.7 cm³/mol. The van der Waals surface area contributed by atoms with E-state index in [0.29, 0.717) is 6.04 Å². The fourth-order valence-corrected chi connectivity index (χ4v) is 2.48. The molecule has 0 amide bonds. The van der Waals surface area contributed by atoms with E-state index in [-0.39, 0.29) is 6.10 Å². The van der Waals surface area contributed by atoms with Crippen LogP contribution in [0.3, 0.4) is 0 Å². The molecule has 0 radical (unpaired) electrons. The topological polar surface area (TPSA) is 56.9 Å². The summed E-state index contributed by atoms with van der Waals surface area (Å²) in [6.45, 7) is 5.59. The van der Waals surface area contributed by atoms with Crippen molar-refractivity contribution in [1.82, 2.24) is 24.4 Å². The lowest BCUT2D eigenvalue weighted by molar-refractivity contribution is 0.0219. The molecule has 1 aliphatic rings. The standard InChI is InChI=1S/C13H19N5O/c1-11(8-17-4-2-15-9-17)18-10-16-6-12(18)13-7-14-3-5-19-13/h2,4,6,9-11,13-14H,3,5,7-8H2,1H3. The first-order valence-electron chi connectivity index (χ1n) is 6.64. The average molecular weight is 261 g/mol. The summed E-state index contributed by atoms with van der Waals surface area (Å²) in [5.74, 6) is 0. The Balaban J connectivity index is 1.75. The van der Waals surface area contributed by atoms with Crippen LogP contribution < -0.4 is 5.32 Å². The molecule has 3 heterocycles. The van der Waals surface area contributed by atoms with Crippen LogP contribution in [0.15, 0.2) is 31.2 Å². The van der Waals surface area contributed by atoms with E-state index in [1.165, 1.54) is 0 Å². The molecule has 6 nitrogen and oxygen atoms in total. The van der Waals surface area contributed by atoms with Crippen LogP contribution in [-0.4, -0.2) is 38.8 Å².